The summed E-state index contributed by atoms with van der Waals surface area (Å²) in [6, 6.07) is 0. The molecule has 0 amide bonds. The highest BCUT2D eigenvalue weighted by atomic mass is 13.7. The molecule has 0 bridgehead atoms. The molecule has 0 spiro atoms. The van der Waals surface area contributed by atoms with E-state index in [9.17, 15) is 0 Å². The molecule has 9 heavy (non-hydrogen) atoms. The van der Waals surface area contributed by atoms with E-state index in [1.54, 1.807) is 0 Å². The van der Waals surface area contributed by atoms with Gasteiger partial charge in [-0.25, -0.2) is 0 Å². The van der Waals surface area contributed by atoms with Gasteiger partial charge in [-0.1, -0.05) is 35.9 Å². The zero-order valence-corrected chi connectivity index (χ0v) is 6.39. The largest absolute Gasteiger partial charge is 0.138 e. The van der Waals surface area contributed by atoms with Gasteiger partial charge in [0.25, 0.3) is 0 Å². The maximum atomic E-state index is 2.08. The molecule has 0 aromatic heterocycles. The Balaban J connectivity index is 3.71. The zero-order chi connectivity index (χ0) is 7.11. The predicted molar refractivity (Wildman–Crippen MR) is 46.3 cm³/mol. The molecule has 0 aromatic rings. The van der Waals surface area contributed by atoms with Crippen LogP contribution in [0.25, 0.3) is 0 Å². The van der Waals surface area contributed by atoms with E-state index in [1.165, 1.54) is 5.47 Å². The van der Waals surface area contributed by atoms with E-state index in [2.05, 4.69) is 20.0 Å². The fourth-order valence-electron chi connectivity index (χ4n) is 0.415. The van der Waals surface area contributed by atoms with E-state index in [1.807, 2.05) is 32.1 Å². The van der Waals surface area contributed by atoms with Crippen molar-refractivity contribution in [2.24, 2.45) is 0 Å². The lowest BCUT2D eigenvalue weighted by Gasteiger charge is -1.82. The summed E-state index contributed by atoms with van der Waals surface area (Å²) >= 11 is 0. The van der Waals surface area contributed by atoms with Gasteiger partial charge in [-0.15, -0.1) is 0 Å². The molecule has 0 rings (SSSR count). The Morgan fingerprint density at radius 2 is 1.89 bits per heavy atom. The van der Waals surface area contributed by atoms with Crippen LogP contribution in [0.4, 0.5) is 0 Å². The van der Waals surface area contributed by atoms with E-state index in [0.717, 1.165) is 0 Å². The molecule has 48 valence electrons. The fourth-order valence-corrected chi connectivity index (χ4v) is 0.415. The van der Waals surface area contributed by atoms with Crippen LogP contribution in [0, 0.1) is 0 Å². The van der Waals surface area contributed by atoms with Crippen LogP contribution in [0.1, 0.15) is 13.8 Å². The topological polar surface area (TPSA) is 0 Å². The lowest BCUT2D eigenvalue weighted by molar-refractivity contribution is 1.68. The molecule has 0 nitrogen and oxygen atoms in total. The Morgan fingerprint density at radius 1 is 1.22 bits per heavy atom. The van der Waals surface area contributed by atoms with Crippen molar-refractivity contribution in [3.8, 4) is 0 Å². The molecule has 0 aromatic carbocycles. The summed E-state index contributed by atoms with van der Waals surface area (Å²) in [5, 5.41) is 0. The van der Waals surface area contributed by atoms with Gasteiger partial charge in [0.1, 0.15) is 7.85 Å². The fraction of sp³-hybridized carbons (Fsp3) is 0.250. The van der Waals surface area contributed by atoms with Crippen LogP contribution in [0.5, 0.6) is 0 Å². The van der Waals surface area contributed by atoms with Crippen molar-refractivity contribution in [1.82, 2.24) is 0 Å². The van der Waals surface area contributed by atoms with Crippen molar-refractivity contribution in [1.29, 1.82) is 0 Å². The van der Waals surface area contributed by atoms with Crippen LogP contribution >= 0.6 is 0 Å². The summed E-state index contributed by atoms with van der Waals surface area (Å²) in [4.78, 5) is 0. The van der Waals surface area contributed by atoms with Crippen molar-refractivity contribution in [3.63, 3.8) is 0 Å². The van der Waals surface area contributed by atoms with Crippen LogP contribution in [0.15, 0.2) is 35.9 Å². The molecule has 0 unspecified atom stereocenters. The first-order valence-electron chi connectivity index (χ1n) is 3.23. The van der Waals surface area contributed by atoms with Crippen LogP contribution < -0.4 is 0 Å². The predicted octanol–water partition coefficient (Wildman–Crippen LogP) is 1.66. The zero-order valence-electron chi connectivity index (χ0n) is 6.39. The Kier molecular flexibility index (Phi) is 4.99. The summed E-state index contributed by atoms with van der Waals surface area (Å²) in [5.41, 5.74) is 1.30. The molecule has 0 saturated carbocycles. The van der Waals surface area contributed by atoms with Crippen molar-refractivity contribution in [2.45, 2.75) is 13.8 Å². The van der Waals surface area contributed by atoms with E-state index in [0.29, 0.717) is 0 Å². The van der Waals surface area contributed by atoms with E-state index in [4.69, 9.17) is 0 Å². The monoisotopic (exact) mass is 120 g/mol. The van der Waals surface area contributed by atoms with Gasteiger partial charge in [-0.3, -0.25) is 0 Å². The van der Waals surface area contributed by atoms with Gasteiger partial charge in [-0.2, -0.15) is 0 Å². The molecule has 0 heterocycles. The average molecular weight is 120 g/mol. The smallest absolute Gasteiger partial charge is 0.0940 e. The van der Waals surface area contributed by atoms with Gasteiger partial charge in [0, 0.05) is 0 Å². The molecular formula is C8H13B. The summed E-state index contributed by atoms with van der Waals surface area (Å²) in [6.45, 7) is 4.05. The maximum Gasteiger partial charge on any atom is 0.138 e. The second-order valence-electron chi connectivity index (χ2n) is 1.92. The normalized spacial score (nSPS) is 13.8. The van der Waals surface area contributed by atoms with E-state index < -0.39 is 0 Å². The van der Waals surface area contributed by atoms with Gasteiger partial charge < -0.3 is 0 Å². The third kappa shape index (κ3) is 5.15. The molecule has 0 fully saturated rings. The van der Waals surface area contributed by atoms with E-state index >= 15 is 0 Å². The molecule has 1 heteroatoms. The second-order valence-corrected chi connectivity index (χ2v) is 1.92. The van der Waals surface area contributed by atoms with E-state index in [-0.39, 0.29) is 0 Å². The summed E-state index contributed by atoms with van der Waals surface area (Å²) in [5.74, 6) is 0. The first kappa shape index (κ1) is 8.28. The molecule has 0 atom stereocenters. The highest BCUT2D eigenvalue weighted by Crippen LogP contribution is 1.88. The van der Waals surface area contributed by atoms with Crippen LogP contribution in [-0.2, 0) is 0 Å². The Bertz CT molecular complexity index is 141. The highest BCUT2D eigenvalue weighted by Gasteiger charge is 1.72. The standard InChI is InChI=1S/C8H13B/c1-3-5-6-7-8(9)4-2/h3-7H,9H2,1-2H3/b5-3-,7-6-,8-4+. The van der Waals surface area contributed by atoms with Gasteiger partial charge in [0.2, 0.25) is 0 Å². The quantitative estimate of drug-likeness (QED) is 0.384. The molecule has 0 aliphatic rings. The van der Waals surface area contributed by atoms with Gasteiger partial charge in [-0.05, 0) is 13.8 Å². The van der Waals surface area contributed by atoms with Crippen LogP contribution in [-0.4, -0.2) is 7.85 Å². The van der Waals surface area contributed by atoms with Crippen molar-refractivity contribution >= 4 is 7.85 Å². The molecule has 0 aliphatic carbocycles. The Hall–Kier alpha value is -0.715. The SMILES string of the molecule is BC(/C=C\C=C/C)=C/C. The minimum absolute atomic E-state index is 1.30. The maximum absolute atomic E-state index is 2.08. The first-order chi connectivity index (χ1) is 4.31. The molecular weight excluding hydrogens is 107 g/mol. The number of allylic oxidation sites excluding steroid dienone is 6. The molecule has 0 aliphatic heterocycles. The second kappa shape index (κ2) is 5.42. The number of hydrogen-bond donors (Lipinski definition) is 0. The summed E-state index contributed by atoms with van der Waals surface area (Å²) < 4.78 is 0. The first-order valence-corrected chi connectivity index (χ1v) is 3.23. The third-order valence-electron chi connectivity index (χ3n) is 1.12. The number of hydrogen-bond acceptors (Lipinski definition) is 0. The number of rotatable bonds is 2. The lowest BCUT2D eigenvalue weighted by Crippen LogP contribution is -1.69. The molecule has 0 saturated heterocycles. The van der Waals surface area contributed by atoms with Crippen molar-refractivity contribution in [3.05, 3.63) is 35.9 Å². The Labute approximate surface area is 58.4 Å². The summed E-state index contributed by atoms with van der Waals surface area (Å²) in [6.07, 6.45) is 10.2. The van der Waals surface area contributed by atoms with Crippen LogP contribution in [0.2, 0.25) is 0 Å². The Morgan fingerprint density at radius 3 is 2.33 bits per heavy atom. The van der Waals surface area contributed by atoms with Crippen LogP contribution in [0.3, 0.4) is 0 Å². The van der Waals surface area contributed by atoms with Crippen molar-refractivity contribution < 1.29 is 0 Å². The van der Waals surface area contributed by atoms with Gasteiger partial charge in [0.05, 0.1) is 0 Å². The third-order valence-corrected chi connectivity index (χ3v) is 1.12. The average Bonchev–Trinajstić information content (AvgIpc) is 1.89. The highest BCUT2D eigenvalue weighted by molar-refractivity contribution is 6.23. The van der Waals surface area contributed by atoms with Gasteiger partial charge >= 0.3 is 0 Å². The lowest BCUT2D eigenvalue weighted by atomic mass is 9.95. The summed E-state index contributed by atoms with van der Waals surface area (Å²) in [7, 11) is 2.08. The molecule has 0 N–H and O–H groups in total. The minimum atomic E-state index is 1.30. The molecule has 0 radical (unpaired) electrons. The van der Waals surface area contributed by atoms with Crippen molar-refractivity contribution in [2.75, 3.05) is 0 Å². The van der Waals surface area contributed by atoms with Gasteiger partial charge in [0.15, 0.2) is 0 Å². The minimum Gasteiger partial charge on any atom is -0.0940 e.